The molecule has 3 aromatic rings. The summed E-state index contributed by atoms with van der Waals surface area (Å²) in [5, 5.41) is 5.00. The molecule has 0 aliphatic carbocycles. The standard InChI is InChI=1S/C18H20N2O3S/c1-3-7-17-19-18(23-20-17)13(2)24(21,22)12-15-10-6-9-14-8-4-5-11-16(14)15/h4-6,8-11,13H,3,7,12H2,1-2H3/t13-/m1/s1. The number of nitrogens with zero attached hydrogens (tertiary/aromatic N) is 2. The van der Waals surface area contributed by atoms with Gasteiger partial charge in [-0.2, -0.15) is 4.98 Å². The van der Waals surface area contributed by atoms with E-state index < -0.39 is 15.1 Å². The van der Waals surface area contributed by atoms with Crippen molar-refractivity contribution in [2.24, 2.45) is 0 Å². The van der Waals surface area contributed by atoms with Gasteiger partial charge >= 0.3 is 0 Å². The van der Waals surface area contributed by atoms with E-state index in [1.54, 1.807) is 6.92 Å². The molecule has 0 saturated carbocycles. The minimum absolute atomic E-state index is 0.0546. The number of benzene rings is 2. The zero-order valence-corrected chi connectivity index (χ0v) is 14.6. The van der Waals surface area contributed by atoms with Crippen LogP contribution in [0.25, 0.3) is 10.8 Å². The molecule has 0 radical (unpaired) electrons. The van der Waals surface area contributed by atoms with E-state index in [-0.39, 0.29) is 11.6 Å². The van der Waals surface area contributed by atoms with Crippen molar-refractivity contribution < 1.29 is 12.9 Å². The van der Waals surface area contributed by atoms with Crippen LogP contribution in [0.4, 0.5) is 0 Å². The predicted molar refractivity (Wildman–Crippen MR) is 93.3 cm³/mol. The van der Waals surface area contributed by atoms with E-state index in [1.807, 2.05) is 49.4 Å². The summed E-state index contributed by atoms with van der Waals surface area (Å²) in [5.41, 5.74) is 0.785. The van der Waals surface area contributed by atoms with Crippen LogP contribution in [0, 0.1) is 0 Å². The van der Waals surface area contributed by atoms with Crippen molar-refractivity contribution in [3.8, 4) is 0 Å². The summed E-state index contributed by atoms with van der Waals surface area (Å²) in [4.78, 5) is 4.21. The SMILES string of the molecule is CCCc1noc([C@@H](C)S(=O)(=O)Cc2cccc3ccccc23)n1. The van der Waals surface area contributed by atoms with Crippen LogP contribution in [0.3, 0.4) is 0 Å². The van der Waals surface area contributed by atoms with E-state index in [4.69, 9.17) is 4.52 Å². The molecule has 0 bridgehead atoms. The molecule has 126 valence electrons. The molecular formula is C18H20N2O3S. The highest BCUT2D eigenvalue weighted by molar-refractivity contribution is 7.90. The maximum atomic E-state index is 12.8. The minimum Gasteiger partial charge on any atom is -0.338 e. The summed E-state index contributed by atoms with van der Waals surface area (Å²) in [7, 11) is -3.46. The molecule has 0 saturated heterocycles. The fraction of sp³-hybridized carbons (Fsp3) is 0.333. The zero-order chi connectivity index (χ0) is 17.2. The molecule has 1 aromatic heterocycles. The molecule has 5 nitrogen and oxygen atoms in total. The van der Waals surface area contributed by atoms with Gasteiger partial charge in [-0.1, -0.05) is 54.5 Å². The van der Waals surface area contributed by atoms with Crippen LogP contribution in [0.1, 0.15) is 42.8 Å². The number of fused-ring (bicyclic) bond motifs is 1. The molecule has 24 heavy (non-hydrogen) atoms. The van der Waals surface area contributed by atoms with Crippen molar-refractivity contribution in [2.45, 2.75) is 37.7 Å². The molecule has 1 heterocycles. The van der Waals surface area contributed by atoms with E-state index in [1.165, 1.54) is 0 Å². The first kappa shape index (κ1) is 16.6. The Morgan fingerprint density at radius 1 is 1.12 bits per heavy atom. The van der Waals surface area contributed by atoms with Crippen LogP contribution in [-0.2, 0) is 22.0 Å². The van der Waals surface area contributed by atoms with Gasteiger partial charge in [-0.3, -0.25) is 0 Å². The lowest BCUT2D eigenvalue weighted by molar-refractivity contribution is 0.371. The van der Waals surface area contributed by atoms with E-state index in [0.29, 0.717) is 12.2 Å². The molecule has 3 rings (SSSR count). The highest BCUT2D eigenvalue weighted by Crippen LogP contribution is 2.27. The Bertz CT molecular complexity index is 942. The Kier molecular flexibility index (Phi) is 4.66. The predicted octanol–water partition coefficient (Wildman–Crippen LogP) is 3.85. The van der Waals surface area contributed by atoms with E-state index in [9.17, 15) is 8.42 Å². The average molecular weight is 344 g/mol. The highest BCUT2D eigenvalue weighted by atomic mass is 32.2. The van der Waals surface area contributed by atoms with E-state index in [0.717, 1.165) is 22.8 Å². The molecule has 1 atom stereocenters. The number of rotatable bonds is 6. The number of aryl methyl sites for hydroxylation is 1. The van der Waals surface area contributed by atoms with Crippen molar-refractivity contribution >= 4 is 20.6 Å². The van der Waals surface area contributed by atoms with E-state index in [2.05, 4.69) is 10.1 Å². The zero-order valence-electron chi connectivity index (χ0n) is 13.8. The van der Waals surface area contributed by atoms with Gasteiger partial charge in [-0.25, -0.2) is 8.42 Å². The second-order valence-electron chi connectivity index (χ2n) is 5.89. The molecular weight excluding hydrogens is 324 g/mol. The first-order chi connectivity index (χ1) is 11.5. The van der Waals surface area contributed by atoms with Crippen molar-refractivity contribution in [3.05, 3.63) is 59.7 Å². The Balaban J connectivity index is 1.89. The molecule has 0 fully saturated rings. The average Bonchev–Trinajstić information content (AvgIpc) is 3.03. The quantitative estimate of drug-likeness (QED) is 0.679. The van der Waals surface area contributed by atoms with Crippen molar-refractivity contribution in [2.75, 3.05) is 0 Å². The van der Waals surface area contributed by atoms with Gasteiger partial charge in [-0.15, -0.1) is 0 Å². The molecule has 0 N–H and O–H groups in total. The van der Waals surface area contributed by atoms with Crippen molar-refractivity contribution in [3.63, 3.8) is 0 Å². The molecule has 6 heteroatoms. The fourth-order valence-electron chi connectivity index (χ4n) is 2.67. The highest BCUT2D eigenvalue weighted by Gasteiger charge is 2.28. The first-order valence-electron chi connectivity index (χ1n) is 8.02. The topological polar surface area (TPSA) is 73.1 Å². The van der Waals surface area contributed by atoms with Crippen LogP contribution in [0.2, 0.25) is 0 Å². The Hall–Kier alpha value is -2.21. The van der Waals surface area contributed by atoms with Crippen LogP contribution in [-0.4, -0.2) is 18.6 Å². The van der Waals surface area contributed by atoms with Crippen LogP contribution in [0.15, 0.2) is 47.0 Å². The molecule has 2 aromatic carbocycles. The van der Waals surface area contributed by atoms with Gasteiger partial charge in [0.1, 0.15) is 5.25 Å². The normalized spacial score (nSPS) is 13.2. The van der Waals surface area contributed by atoms with Gasteiger partial charge in [-0.05, 0) is 29.7 Å². The lowest BCUT2D eigenvalue weighted by atomic mass is 10.1. The molecule has 0 aliphatic heterocycles. The van der Waals surface area contributed by atoms with Gasteiger partial charge in [0.25, 0.3) is 0 Å². The maximum absolute atomic E-state index is 12.8. The number of hydrogen-bond donors (Lipinski definition) is 0. The summed E-state index contributed by atoms with van der Waals surface area (Å²) in [6.07, 6.45) is 1.57. The Labute approximate surface area is 141 Å². The fourth-order valence-corrected chi connectivity index (χ4v) is 4.01. The van der Waals surface area contributed by atoms with Crippen molar-refractivity contribution in [1.29, 1.82) is 0 Å². The summed E-state index contributed by atoms with van der Waals surface area (Å²) in [6, 6.07) is 13.5. The second-order valence-corrected chi connectivity index (χ2v) is 8.21. The maximum Gasteiger partial charge on any atom is 0.244 e. The van der Waals surface area contributed by atoms with Crippen molar-refractivity contribution in [1.82, 2.24) is 10.1 Å². The van der Waals surface area contributed by atoms with Crippen LogP contribution in [0.5, 0.6) is 0 Å². The minimum atomic E-state index is -3.46. The Morgan fingerprint density at radius 3 is 2.67 bits per heavy atom. The third kappa shape index (κ3) is 3.33. The first-order valence-corrected chi connectivity index (χ1v) is 9.73. The van der Waals surface area contributed by atoms with E-state index >= 15 is 0 Å². The number of hydrogen-bond acceptors (Lipinski definition) is 5. The summed E-state index contributed by atoms with van der Waals surface area (Å²) >= 11 is 0. The van der Waals surface area contributed by atoms with Gasteiger partial charge in [0.15, 0.2) is 15.7 Å². The lowest BCUT2D eigenvalue weighted by Crippen LogP contribution is -2.13. The number of sulfone groups is 1. The number of aromatic nitrogens is 2. The van der Waals surface area contributed by atoms with Crippen LogP contribution < -0.4 is 0 Å². The van der Waals surface area contributed by atoms with Gasteiger partial charge < -0.3 is 4.52 Å². The van der Waals surface area contributed by atoms with Gasteiger partial charge in [0.05, 0.1) is 5.75 Å². The van der Waals surface area contributed by atoms with Gasteiger partial charge in [0, 0.05) is 6.42 Å². The third-order valence-corrected chi connectivity index (χ3v) is 6.07. The molecule has 0 amide bonds. The summed E-state index contributed by atoms with van der Waals surface area (Å²) < 4.78 is 30.7. The molecule has 0 spiro atoms. The van der Waals surface area contributed by atoms with Crippen LogP contribution >= 0.6 is 0 Å². The monoisotopic (exact) mass is 344 g/mol. The summed E-state index contributed by atoms with van der Waals surface area (Å²) in [6.45, 7) is 3.61. The lowest BCUT2D eigenvalue weighted by Gasteiger charge is -2.11. The third-order valence-electron chi connectivity index (χ3n) is 4.08. The smallest absolute Gasteiger partial charge is 0.244 e. The molecule has 0 unspecified atom stereocenters. The summed E-state index contributed by atoms with van der Waals surface area (Å²) in [5.74, 6) is 0.666. The second kappa shape index (κ2) is 6.73. The van der Waals surface area contributed by atoms with Gasteiger partial charge in [0.2, 0.25) is 5.89 Å². The Morgan fingerprint density at radius 2 is 1.88 bits per heavy atom. The molecule has 0 aliphatic rings. The largest absolute Gasteiger partial charge is 0.338 e.